The molecule has 110 valence electrons. The van der Waals surface area contributed by atoms with Crippen molar-refractivity contribution < 1.29 is 18.0 Å². The molecule has 0 radical (unpaired) electrons. The highest BCUT2D eigenvalue weighted by Gasteiger charge is 2.33. The number of nitrogens with zero attached hydrogens (tertiary/aromatic N) is 1. The first kappa shape index (κ1) is 16.0. The second-order valence-electron chi connectivity index (χ2n) is 4.33. The van der Waals surface area contributed by atoms with E-state index in [4.69, 9.17) is 11.6 Å². The van der Waals surface area contributed by atoms with Crippen molar-refractivity contribution in [2.75, 3.05) is 0 Å². The molecule has 1 aromatic heterocycles. The fourth-order valence-electron chi connectivity index (χ4n) is 1.70. The Kier molecular flexibility index (Phi) is 4.39. The first-order chi connectivity index (χ1) is 9.70. The Morgan fingerprint density at radius 3 is 2.43 bits per heavy atom. The van der Waals surface area contributed by atoms with Crippen LogP contribution in [-0.4, -0.2) is 10.8 Å². The molecule has 0 aliphatic rings. The van der Waals surface area contributed by atoms with Crippen molar-refractivity contribution in [2.45, 2.75) is 13.1 Å². The van der Waals surface area contributed by atoms with Gasteiger partial charge in [0.15, 0.2) is 5.78 Å². The van der Waals surface area contributed by atoms with Crippen LogP contribution in [0.2, 0.25) is 5.15 Å². The summed E-state index contributed by atoms with van der Waals surface area (Å²) >= 11 is 9.02. The summed E-state index contributed by atoms with van der Waals surface area (Å²) < 4.78 is 38.4. The van der Waals surface area contributed by atoms with E-state index in [1.165, 1.54) is 0 Å². The van der Waals surface area contributed by atoms with Crippen molar-refractivity contribution in [1.82, 2.24) is 4.98 Å². The molecule has 7 heteroatoms. The molecule has 0 saturated heterocycles. The number of alkyl halides is 3. The predicted molar refractivity (Wildman–Crippen MR) is 76.6 cm³/mol. The van der Waals surface area contributed by atoms with Crippen molar-refractivity contribution in [3.05, 3.63) is 62.3 Å². The summed E-state index contributed by atoms with van der Waals surface area (Å²) in [5.74, 6) is -0.475. The van der Waals surface area contributed by atoms with Gasteiger partial charge in [-0.2, -0.15) is 13.2 Å². The number of benzene rings is 1. The lowest BCUT2D eigenvalue weighted by molar-refractivity contribution is -0.141. The van der Waals surface area contributed by atoms with Gasteiger partial charge in [-0.25, -0.2) is 4.98 Å². The monoisotopic (exact) mass is 377 g/mol. The SMILES string of the molecule is Cc1cc(C(=O)c2ccc(C(F)(F)F)nc2Cl)ccc1Br. The molecular weight excluding hydrogens is 371 g/mol. The lowest BCUT2D eigenvalue weighted by Gasteiger charge is -2.09. The minimum atomic E-state index is -4.60. The Bertz CT molecular complexity index is 716. The van der Waals surface area contributed by atoms with Gasteiger partial charge in [-0.15, -0.1) is 0 Å². The molecule has 0 N–H and O–H groups in total. The maximum Gasteiger partial charge on any atom is 0.433 e. The molecule has 0 aliphatic carbocycles. The molecule has 0 saturated carbocycles. The quantitative estimate of drug-likeness (QED) is 0.540. The number of aromatic nitrogens is 1. The van der Waals surface area contributed by atoms with Crippen LogP contribution >= 0.6 is 27.5 Å². The Morgan fingerprint density at radius 1 is 1.24 bits per heavy atom. The second kappa shape index (κ2) is 5.77. The van der Waals surface area contributed by atoms with Crippen LogP contribution in [0.15, 0.2) is 34.8 Å². The normalized spacial score (nSPS) is 11.5. The van der Waals surface area contributed by atoms with Crippen LogP contribution in [0.4, 0.5) is 13.2 Å². The van der Waals surface area contributed by atoms with Crippen LogP contribution in [0.1, 0.15) is 27.2 Å². The van der Waals surface area contributed by atoms with Crippen molar-refractivity contribution in [3.8, 4) is 0 Å². The third kappa shape index (κ3) is 3.44. The van der Waals surface area contributed by atoms with Crippen LogP contribution in [0, 0.1) is 6.92 Å². The van der Waals surface area contributed by atoms with E-state index in [1.807, 2.05) is 0 Å². The van der Waals surface area contributed by atoms with Gasteiger partial charge in [0, 0.05) is 10.0 Å². The lowest BCUT2D eigenvalue weighted by atomic mass is 10.0. The summed E-state index contributed by atoms with van der Waals surface area (Å²) in [6, 6.07) is 6.66. The molecule has 1 aromatic carbocycles. The Hall–Kier alpha value is -1.40. The third-order valence-corrected chi connectivity index (χ3v) is 3.98. The van der Waals surface area contributed by atoms with Gasteiger partial charge in [-0.05, 0) is 42.8 Å². The van der Waals surface area contributed by atoms with Crippen molar-refractivity contribution in [2.24, 2.45) is 0 Å². The zero-order valence-electron chi connectivity index (χ0n) is 10.6. The van der Waals surface area contributed by atoms with Crippen LogP contribution in [0.25, 0.3) is 0 Å². The molecule has 0 atom stereocenters. The molecule has 0 bridgehead atoms. The van der Waals surface area contributed by atoms with E-state index in [0.29, 0.717) is 5.56 Å². The molecule has 2 rings (SSSR count). The number of aryl methyl sites for hydroxylation is 1. The average Bonchev–Trinajstić information content (AvgIpc) is 2.40. The van der Waals surface area contributed by atoms with Gasteiger partial charge in [0.05, 0.1) is 5.56 Å². The fraction of sp³-hybridized carbons (Fsp3) is 0.143. The summed E-state index contributed by atoms with van der Waals surface area (Å²) in [7, 11) is 0. The number of hydrogen-bond donors (Lipinski definition) is 0. The van der Waals surface area contributed by atoms with Crippen LogP contribution in [0.5, 0.6) is 0 Å². The van der Waals surface area contributed by atoms with E-state index in [2.05, 4.69) is 20.9 Å². The molecule has 21 heavy (non-hydrogen) atoms. The number of halogens is 5. The van der Waals surface area contributed by atoms with Gasteiger partial charge in [0.1, 0.15) is 10.8 Å². The topological polar surface area (TPSA) is 30.0 Å². The maximum absolute atomic E-state index is 12.5. The van der Waals surface area contributed by atoms with E-state index in [-0.39, 0.29) is 5.56 Å². The fourth-order valence-corrected chi connectivity index (χ4v) is 2.19. The van der Waals surface area contributed by atoms with Crippen LogP contribution in [0.3, 0.4) is 0 Å². The zero-order chi connectivity index (χ0) is 15.8. The van der Waals surface area contributed by atoms with E-state index in [1.54, 1.807) is 25.1 Å². The van der Waals surface area contributed by atoms with Gasteiger partial charge in [0.25, 0.3) is 0 Å². The highest BCUT2D eigenvalue weighted by atomic mass is 79.9. The summed E-state index contributed by atoms with van der Waals surface area (Å²) in [4.78, 5) is 15.5. The van der Waals surface area contributed by atoms with Gasteiger partial charge < -0.3 is 0 Å². The third-order valence-electron chi connectivity index (χ3n) is 2.80. The molecular formula is C14H8BrClF3NO. The maximum atomic E-state index is 12.5. The van der Waals surface area contributed by atoms with Gasteiger partial charge in [-0.1, -0.05) is 27.5 Å². The average molecular weight is 379 g/mol. The standard InChI is InChI=1S/C14H8BrClF3NO/c1-7-6-8(2-4-10(7)15)12(21)9-3-5-11(14(17,18)19)20-13(9)16/h2-6H,1H3. The first-order valence-corrected chi connectivity index (χ1v) is 6.92. The highest BCUT2D eigenvalue weighted by molar-refractivity contribution is 9.10. The molecule has 0 spiro atoms. The minimum absolute atomic E-state index is 0.0635. The molecule has 0 fully saturated rings. The van der Waals surface area contributed by atoms with Gasteiger partial charge in [-0.3, -0.25) is 4.79 Å². The largest absolute Gasteiger partial charge is 0.433 e. The molecule has 2 aromatic rings. The van der Waals surface area contributed by atoms with Crippen molar-refractivity contribution in [1.29, 1.82) is 0 Å². The molecule has 0 amide bonds. The summed E-state index contributed by atoms with van der Waals surface area (Å²) in [6.07, 6.45) is -4.60. The number of carbonyl (C=O) groups is 1. The van der Waals surface area contributed by atoms with E-state index >= 15 is 0 Å². The summed E-state index contributed by atoms with van der Waals surface area (Å²) in [6.45, 7) is 1.80. The van der Waals surface area contributed by atoms with Crippen molar-refractivity contribution >= 4 is 33.3 Å². The van der Waals surface area contributed by atoms with Crippen LogP contribution < -0.4 is 0 Å². The molecule has 0 unspecified atom stereocenters. The first-order valence-electron chi connectivity index (χ1n) is 5.74. The smallest absolute Gasteiger partial charge is 0.288 e. The number of hydrogen-bond acceptors (Lipinski definition) is 2. The highest BCUT2D eigenvalue weighted by Crippen LogP contribution is 2.30. The minimum Gasteiger partial charge on any atom is -0.288 e. The molecule has 0 aliphatic heterocycles. The van der Waals surface area contributed by atoms with Crippen molar-refractivity contribution in [3.63, 3.8) is 0 Å². The number of ketones is 1. The predicted octanol–water partition coefficient (Wildman–Crippen LogP) is 5.06. The van der Waals surface area contributed by atoms with E-state index in [9.17, 15) is 18.0 Å². The molecule has 2 nitrogen and oxygen atoms in total. The lowest BCUT2D eigenvalue weighted by Crippen LogP contribution is -2.11. The number of pyridine rings is 1. The molecule has 1 heterocycles. The Labute approximate surface area is 132 Å². The summed E-state index contributed by atoms with van der Waals surface area (Å²) in [5.41, 5.74) is -0.0292. The van der Waals surface area contributed by atoms with Gasteiger partial charge >= 0.3 is 6.18 Å². The second-order valence-corrected chi connectivity index (χ2v) is 5.54. The number of carbonyl (C=O) groups excluding carboxylic acids is 1. The van der Waals surface area contributed by atoms with E-state index < -0.39 is 22.8 Å². The Balaban J connectivity index is 2.42. The Morgan fingerprint density at radius 2 is 1.90 bits per heavy atom. The van der Waals surface area contributed by atoms with Gasteiger partial charge in [0.2, 0.25) is 0 Å². The zero-order valence-corrected chi connectivity index (χ0v) is 13.0. The number of rotatable bonds is 2. The van der Waals surface area contributed by atoms with Crippen LogP contribution in [-0.2, 0) is 6.18 Å². The summed E-state index contributed by atoms with van der Waals surface area (Å²) in [5, 5.41) is -0.463. The van der Waals surface area contributed by atoms with E-state index in [0.717, 1.165) is 22.2 Å².